The summed E-state index contributed by atoms with van der Waals surface area (Å²) >= 11 is 0. The molecule has 0 unspecified atom stereocenters. The van der Waals surface area contributed by atoms with Crippen LogP contribution in [0, 0.1) is 13.8 Å². The lowest BCUT2D eigenvalue weighted by Gasteiger charge is -2.07. The van der Waals surface area contributed by atoms with Crippen LogP contribution in [0.5, 0.6) is 0 Å². The van der Waals surface area contributed by atoms with E-state index in [1.807, 2.05) is 27.7 Å². The monoisotopic (exact) mass is 328 g/mol. The van der Waals surface area contributed by atoms with E-state index in [4.69, 9.17) is 0 Å². The molecule has 0 spiro atoms. The minimum atomic E-state index is 0.653. The minimum absolute atomic E-state index is 0.653. The van der Waals surface area contributed by atoms with Gasteiger partial charge >= 0.3 is 0 Å². The molecule has 0 bridgehead atoms. The Morgan fingerprint density at radius 2 is 1.17 bits per heavy atom. The van der Waals surface area contributed by atoms with E-state index in [0.717, 1.165) is 0 Å². The van der Waals surface area contributed by atoms with Crippen molar-refractivity contribution in [1.82, 2.24) is 0 Å². The van der Waals surface area contributed by atoms with E-state index < -0.39 is 0 Å². The smallest absolute Gasteiger partial charge is 0.0216 e. The summed E-state index contributed by atoms with van der Waals surface area (Å²) in [5.74, 6) is 1.31. The van der Waals surface area contributed by atoms with Gasteiger partial charge in [0.1, 0.15) is 0 Å². The highest BCUT2D eigenvalue weighted by molar-refractivity contribution is 5.28. The van der Waals surface area contributed by atoms with E-state index >= 15 is 0 Å². The Morgan fingerprint density at radius 1 is 0.625 bits per heavy atom. The van der Waals surface area contributed by atoms with Gasteiger partial charge in [-0.25, -0.2) is 0 Å². The number of hydrogen-bond acceptors (Lipinski definition) is 0. The SMILES string of the molecule is CC.CC.Cc1cccc(C(C)C)c1.Cc1ccccc1C(C)C. The summed E-state index contributed by atoms with van der Waals surface area (Å²) in [6, 6.07) is 17.2. The molecule has 0 N–H and O–H groups in total. The molecule has 2 aromatic rings. The third-order valence-electron chi connectivity index (χ3n) is 3.52. The summed E-state index contributed by atoms with van der Waals surface area (Å²) in [6.45, 7) is 21.2. The van der Waals surface area contributed by atoms with Gasteiger partial charge in [0.15, 0.2) is 0 Å². The van der Waals surface area contributed by atoms with E-state index in [1.165, 1.54) is 22.3 Å². The lowest BCUT2D eigenvalue weighted by Crippen LogP contribution is -1.89. The van der Waals surface area contributed by atoms with Crippen molar-refractivity contribution in [3.63, 3.8) is 0 Å². The van der Waals surface area contributed by atoms with Crippen molar-refractivity contribution in [3.05, 3.63) is 70.8 Å². The van der Waals surface area contributed by atoms with E-state index in [0.29, 0.717) is 11.8 Å². The van der Waals surface area contributed by atoms with Crippen LogP contribution in [0.25, 0.3) is 0 Å². The molecule has 0 amide bonds. The molecule has 0 nitrogen and oxygen atoms in total. The van der Waals surface area contributed by atoms with Crippen molar-refractivity contribution in [3.8, 4) is 0 Å². The number of rotatable bonds is 2. The molecule has 0 aliphatic rings. The second-order valence-corrected chi connectivity index (χ2v) is 6.08. The van der Waals surface area contributed by atoms with E-state index in [-0.39, 0.29) is 0 Å². The summed E-state index contributed by atoms with van der Waals surface area (Å²) < 4.78 is 0. The van der Waals surface area contributed by atoms with E-state index in [9.17, 15) is 0 Å². The van der Waals surface area contributed by atoms with Gasteiger partial charge in [-0.05, 0) is 42.4 Å². The molecule has 0 heteroatoms. The molecule has 0 aliphatic heterocycles. The van der Waals surface area contributed by atoms with Gasteiger partial charge in [-0.15, -0.1) is 0 Å². The minimum Gasteiger partial charge on any atom is -0.0683 e. The fourth-order valence-electron chi connectivity index (χ4n) is 2.26. The summed E-state index contributed by atoms with van der Waals surface area (Å²) in [5, 5.41) is 0. The standard InChI is InChI=1S/2C10H14.2C2H6/c1-8(2)10-6-4-5-9(3)7-10;1-8(2)10-7-5-4-6-9(10)3;2*1-2/h2*4-8H,1-3H3;2*1-2H3. The fraction of sp³-hybridized carbons (Fsp3) is 0.500. The fourth-order valence-corrected chi connectivity index (χ4v) is 2.26. The Bertz CT molecular complexity index is 521. The predicted octanol–water partition coefficient (Wildman–Crippen LogP) is 8.29. The first-order valence-corrected chi connectivity index (χ1v) is 9.54. The zero-order valence-corrected chi connectivity index (χ0v) is 17.8. The average molecular weight is 329 g/mol. The second kappa shape index (κ2) is 15.0. The molecule has 2 aromatic carbocycles. The van der Waals surface area contributed by atoms with Crippen LogP contribution < -0.4 is 0 Å². The molecule has 24 heavy (non-hydrogen) atoms. The van der Waals surface area contributed by atoms with Crippen LogP contribution in [0.3, 0.4) is 0 Å². The normalized spacial score (nSPS) is 9.17. The first kappa shape index (κ1) is 24.7. The van der Waals surface area contributed by atoms with E-state index in [1.54, 1.807) is 0 Å². The Kier molecular flexibility index (Phi) is 15.4. The molecule has 136 valence electrons. The topological polar surface area (TPSA) is 0 Å². The Hall–Kier alpha value is -1.56. The van der Waals surface area contributed by atoms with Gasteiger partial charge in [0.2, 0.25) is 0 Å². The molecule has 0 atom stereocenters. The van der Waals surface area contributed by atoms with Crippen LogP contribution in [0.4, 0.5) is 0 Å². The van der Waals surface area contributed by atoms with Crippen molar-refractivity contribution in [2.75, 3.05) is 0 Å². The van der Waals surface area contributed by atoms with Gasteiger partial charge in [0.05, 0.1) is 0 Å². The molecule has 0 aliphatic carbocycles. The third kappa shape index (κ3) is 10.3. The zero-order chi connectivity index (χ0) is 19.1. The largest absolute Gasteiger partial charge is 0.0683 e. The number of hydrogen-bond donors (Lipinski definition) is 0. The zero-order valence-electron chi connectivity index (χ0n) is 17.8. The maximum Gasteiger partial charge on any atom is -0.0216 e. The van der Waals surface area contributed by atoms with Crippen LogP contribution in [0.2, 0.25) is 0 Å². The van der Waals surface area contributed by atoms with Crippen LogP contribution >= 0.6 is 0 Å². The van der Waals surface area contributed by atoms with Crippen molar-refractivity contribution >= 4 is 0 Å². The summed E-state index contributed by atoms with van der Waals surface area (Å²) in [5.41, 5.74) is 5.64. The van der Waals surface area contributed by atoms with Crippen LogP contribution in [0.1, 0.15) is 89.5 Å². The first-order chi connectivity index (χ1) is 11.4. The highest BCUT2D eigenvalue weighted by Gasteiger charge is 1.99. The average Bonchev–Trinajstić information content (AvgIpc) is 2.59. The number of benzene rings is 2. The molecule has 0 heterocycles. The quantitative estimate of drug-likeness (QED) is 0.520. The van der Waals surface area contributed by atoms with Gasteiger partial charge in [0, 0.05) is 0 Å². The summed E-state index contributed by atoms with van der Waals surface area (Å²) in [6.07, 6.45) is 0. The molecule has 0 radical (unpaired) electrons. The van der Waals surface area contributed by atoms with Crippen molar-refractivity contribution in [2.45, 2.75) is 81.1 Å². The first-order valence-electron chi connectivity index (χ1n) is 9.54. The highest BCUT2D eigenvalue weighted by atomic mass is 14.0. The molecular weight excluding hydrogens is 288 g/mol. The van der Waals surface area contributed by atoms with Crippen LogP contribution in [0.15, 0.2) is 48.5 Å². The van der Waals surface area contributed by atoms with Crippen molar-refractivity contribution < 1.29 is 0 Å². The Balaban J connectivity index is 0. The van der Waals surface area contributed by atoms with E-state index in [2.05, 4.69) is 90.1 Å². The summed E-state index contributed by atoms with van der Waals surface area (Å²) in [4.78, 5) is 0. The molecule has 0 fully saturated rings. The molecule has 0 saturated heterocycles. The van der Waals surface area contributed by atoms with Gasteiger partial charge in [-0.2, -0.15) is 0 Å². The predicted molar refractivity (Wildman–Crippen MR) is 113 cm³/mol. The molecule has 0 saturated carbocycles. The van der Waals surface area contributed by atoms with Crippen LogP contribution in [-0.4, -0.2) is 0 Å². The highest BCUT2D eigenvalue weighted by Crippen LogP contribution is 2.17. The second-order valence-electron chi connectivity index (χ2n) is 6.08. The Labute approximate surface area is 152 Å². The maximum absolute atomic E-state index is 2.24. The number of aryl methyl sites for hydroxylation is 2. The van der Waals surface area contributed by atoms with Crippen LogP contribution in [-0.2, 0) is 0 Å². The maximum atomic E-state index is 2.24. The molecule has 2 rings (SSSR count). The molecule has 0 aromatic heterocycles. The van der Waals surface area contributed by atoms with Gasteiger partial charge in [-0.3, -0.25) is 0 Å². The lowest BCUT2D eigenvalue weighted by molar-refractivity contribution is 0.856. The Morgan fingerprint density at radius 3 is 1.50 bits per heavy atom. The van der Waals surface area contributed by atoms with Gasteiger partial charge < -0.3 is 0 Å². The van der Waals surface area contributed by atoms with Crippen molar-refractivity contribution in [1.29, 1.82) is 0 Å². The van der Waals surface area contributed by atoms with Gasteiger partial charge in [-0.1, -0.05) is 109 Å². The third-order valence-corrected chi connectivity index (χ3v) is 3.52. The molecular formula is C24H40. The lowest BCUT2D eigenvalue weighted by atomic mass is 9.99. The van der Waals surface area contributed by atoms with Crippen molar-refractivity contribution in [2.24, 2.45) is 0 Å². The van der Waals surface area contributed by atoms with Gasteiger partial charge in [0.25, 0.3) is 0 Å². The summed E-state index contributed by atoms with van der Waals surface area (Å²) in [7, 11) is 0.